The van der Waals surface area contributed by atoms with Crippen molar-refractivity contribution in [3.05, 3.63) is 88.2 Å². The van der Waals surface area contributed by atoms with E-state index >= 15 is 0 Å². The van der Waals surface area contributed by atoms with Gasteiger partial charge < -0.3 is 15.5 Å². The molecular formula is C22H20ClN3O5. The molecule has 0 radical (unpaired) electrons. The van der Waals surface area contributed by atoms with E-state index in [0.29, 0.717) is 10.6 Å². The first kappa shape index (κ1) is 22.0. The number of carbonyl (C=O) groups is 3. The minimum absolute atomic E-state index is 0.108. The van der Waals surface area contributed by atoms with Crippen molar-refractivity contribution in [2.75, 3.05) is 0 Å². The Morgan fingerprint density at radius 2 is 1.71 bits per heavy atom. The number of halogens is 1. The highest BCUT2D eigenvalue weighted by Crippen LogP contribution is 2.18. The second-order valence-corrected chi connectivity index (χ2v) is 7.33. The molecule has 9 heteroatoms. The van der Waals surface area contributed by atoms with E-state index in [-0.39, 0.29) is 30.8 Å². The summed E-state index contributed by atoms with van der Waals surface area (Å²) in [6.07, 6.45) is -0.123. The Hall–Kier alpha value is -3.65. The SMILES string of the molecule is O=C(O)C[C@@H](Cc1ccccc1Cl)NC(=O)c1cc(C(=O)O)n(Cc2ccccc2)n1. The molecule has 0 aliphatic heterocycles. The number of rotatable bonds is 9. The predicted molar refractivity (Wildman–Crippen MR) is 113 cm³/mol. The third kappa shape index (κ3) is 5.93. The number of hydrogen-bond donors (Lipinski definition) is 3. The minimum Gasteiger partial charge on any atom is -0.481 e. The smallest absolute Gasteiger partial charge is 0.354 e. The molecule has 3 N–H and O–H groups in total. The van der Waals surface area contributed by atoms with Crippen LogP contribution < -0.4 is 5.32 Å². The number of aliphatic carboxylic acids is 1. The monoisotopic (exact) mass is 441 g/mol. The molecule has 2 aromatic carbocycles. The molecule has 1 atom stereocenters. The van der Waals surface area contributed by atoms with Crippen molar-refractivity contribution in [2.45, 2.75) is 25.4 Å². The fraction of sp³-hybridized carbons (Fsp3) is 0.182. The first-order valence-corrected chi connectivity index (χ1v) is 9.82. The Kier molecular flexibility index (Phi) is 7.04. The Labute approximate surface area is 183 Å². The van der Waals surface area contributed by atoms with Gasteiger partial charge in [-0.2, -0.15) is 5.10 Å². The van der Waals surface area contributed by atoms with Crippen LogP contribution in [0.5, 0.6) is 0 Å². The summed E-state index contributed by atoms with van der Waals surface area (Å²) < 4.78 is 1.23. The first-order chi connectivity index (χ1) is 14.8. The standard InChI is InChI=1S/C22H20ClN3O5/c23-17-9-5-4-8-15(17)10-16(11-20(27)28)24-21(29)18-12-19(22(30)31)26(25-18)13-14-6-2-1-3-7-14/h1-9,12,16H,10-11,13H2,(H,24,29)(H,27,28)(H,30,31)/t16-/m1/s1. The lowest BCUT2D eigenvalue weighted by Gasteiger charge is -2.17. The van der Waals surface area contributed by atoms with Crippen molar-refractivity contribution in [3.8, 4) is 0 Å². The van der Waals surface area contributed by atoms with E-state index in [1.807, 2.05) is 30.3 Å². The Bertz CT molecular complexity index is 1100. The zero-order valence-corrected chi connectivity index (χ0v) is 17.1. The molecule has 31 heavy (non-hydrogen) atoms. The van der Waals surface area contributed by atoms with Crippen LogP contribution in [0.2, 0.25) is 5.02 Å². The third-order valence-electron chi connectivity index (χ3n) is 4.59. The molecule has 3 aromatic rings. The molecule has 3 rings (SSSR count). The van der Waals surface area contributed by atoms with E-state index < -0.39 is 23.9 Å². The van der Waals surface area contributed by atoms with Gasteiger partial charge in [0.2, 0.25) is 0 Å². The van der Waals surface area contributed by atoms with Crippen molar-refractivity contribution >= 4 is 29.4 Å². The molecule has 0 saturated heterocycles. The van der Waals surface area contributed by atoms with E-state index in [1.54, 1.807) is 24.3 Å². The lowest BCUT2D eigenvalue weighted by atomic mass is 10.0. The average molecular weight is 442 g/mol. The molecule has 8 nitrogen and oxygen atoms in total. The topological polar surface area (TPSA) is 122 Å². The highest BCUT2D eigenvalue weighted by atomic mass is 35.5. The summed E-state index contributed by atoms with van der Waals surface area (Å²) in [5.41, 5.74) is 1.26. The lowest BCUT2D eigenvalue weighted by molar-refractivity contribution is -0.137. The molecule has 0 aliphatic rings. The molecule has 0 unspecified atom stereocenters. The van der Waals surface area contributed by atoms with Crippen molar-refractivity contribution in [1.29, 1.82) is 0 Å². The van der Waals surface area contributed by atoms with Gasteiger partial charge in [0.1, 0.15) is 5.69 Å². The Morgan fingerprint density at radius 3 is 2.35 bits per heavy atom. The van der Waals surface area contributed by atoms with Crippen LogP contribution in [0.25, 0.3) is 0 Å². The number of carboxylic acid groups (broad SMARTS) is 2. The van der Waals surface area contributed by atoms with Gasteiger partial charge in [0.25, 0.3) is 5.91 Å². The molecule has 0 aliphatic carbocycles. The van der Waals surface area contributed by atoms with Crippen molar-refractivity contribution in [2.24, 2.45) is 0 Å². The van der Waals surface area contributed by atoms with Crippen LogP contribution in [0.4, 0.5) is 0 Å². The second-order valence-electron chi connectivity index (χ2n) is 6.93. The van der Waals surface area contributed by atoms with Gasteiger partial charge in [0.05, 0.1) is 13.0 Å². The molecular weight excluding hydrogens is 422 g/mol. The van der Waals surface area contributed by atoms with Gasteiger partial charge in [0, 0.05) is 17.1 Å². The number of carbonyl (C=O) groups excluding carboxylic acids is 1. The molecule has 1 amide bonds. The number of amides is 1. The molecule has 0 bridgehead atoms. The molecule has 0 fully saturated rings. The van der Waals surface area contributed by atoms with Gasteiger partial charge in [-0.1, -0.05) is 60.1 Å². The highest BCUT2D eigenvalue weighted by Gasteiger charge is 2.23. The number of nitrogens with zero attached hydrogens (tertiary/aromatic N) is 2. The van der Waals surface area contributed by atoms with Gasteiger partial charge in [-0.05, 0) is 23.6 Å². The fourth-order valence-electron chi connectivity index (χ4n) is 3.15. The van der Waals surface area contributed by atoms with Crippen LogP contribution >= 0.6 is 11.6 Å². The quantitative estimate of drug-likeness (QED) is 0.469. The zero-order chi connectivity index (χ0) is 22.4. The van der Waals surface area contributed by atoms with Crippen LogP contribution in [-0.4, -0.2) is 43.9 Å². The summed E-state index contributed by atoms with van der Waals surface area (Å²) >= 11 is 6.15. The summed E-state index contributed by atoms with van der Waals surface area (Å²) in [7, 11) is 0. The average Bonchev–Trinajstić information content (AvgIpc) is 3.14. The summed E-state index contributed by atoms with van der Waals surface area (Å²) in [5, 5.41) is 25.9. The largest absolute Gasteiger partial charge is 0.481 e. The molecule has 160 valence electrons. The second kappa shape index (κ2) is 9.90. The van der Waals surface area contributed by atoms with Gasteiger partial charge in [0.15, 0.2) is 5.69 Å². The Morgan fingerprint density at radius 1 is 1.03 bits per heavy atom. The number of nitrogens with one attached hydrogen (secondary N) is 1. The van der Waals surface area contributed by atoms with Crippen LogP contribution in [-0.2, 0) is 17.8 Å². The summed E-state index contributed by atoms with van der Waals surface area (Å²) in [4.78, 5) is 35.6. The van der Waals surface area contributed by atoms with Crippen molar-refractivity contribution in [3.63, 3.8) is 0 Å². The maximum atomic E-state index is 12.7. The van der Waals surface area contributed by atoms with Crippen LogP contribution in [0.15, 0.2) is 60.7 Å². The summed E-state index contributed by atoms with van der Waals surface area (Å²) in [6, 6.07) is 16.5. The van der Waals surface area contributed by atoms with Gasteiger partial charge in [-0.15, -0.1) is 0 Å². The van der Waals surface area contributed by atoms with Crippen LogP contribution in [0.1, 0.15) is 38.5 Å². The van der Waals surface area contributed by atoms with Crippen LogP contribution in [0.3, 0.4) is 0 Å². The van der Waals surface area contributed by atoms with Crippen LogP contribution in [0, 0.1) is 0 Å². The number of hydrogen-bond acceptors (Lipinski definition) is 4. The molecule has 1 aromatic heterocycles. The molecule has 0 spiro atoms. The van der Waals surface area contributed by atoms with Gasteiger partial charge in [-0.3, -0.25) is 14.3 Å². The summed E-state index contributed by atoms with van der Waals surface area (Å²) in [5.74, 6) is -2.97. The zero-order valence-electron chi connectivity index (χ0n) is 16.4. The van der Waals surface area contributed by atoms with E-state index in [9.17, 15) is 24.6 Å². The normalized spacial score (nSPS) is 11.6. The fourth-order valence-corrected chi connectivity index (χ4v) is 3.36. The first-order valence-electron chi connectivity index (χ1n) is 9.44. The lowest BCUT2D eigenvalue weighted by Crippen LogP contribution is -2.38. The number of carboxylic acids is 2. The van der Waals surface area contributed by atoms with E-state index in [4.69, 9.17) is 11.6 Å². The summed E-state index contributed by atoms with van der Waals surface area (Å²) in [6.45, 7) is 0.175. The van der Waals surface area contributed by atoms with Crippen molar-refractivity contribution < 1.29 is 24.6 Å². The van der Waals surface area contributed by atoms with Gasteiger partial charge >= 0.3 is 11.9 Å². The third-order valence-corrected chi connectivity index (χ3v) is 4.96. The maximum Gasteiger partial charge on any atom is 0.354 e. The minimum atomic E-state index is -1.22. The maximum absolute atomic E-state index is 12.7. The van der Waals surface area contributed by atoms with Gasteiger partial charge in [-0.25, -0.2) is 4.79 Å². The van der Waals surface area contributed by atoms with E-state index in [0.717, 1.165) is 5.56 Å². The van der Waals surface area contributed by atoms with E-state index in [2.05, 4.69) is 10.4 Å². The Balaban J connectivity index is 1.81. The number of aromatic carboxylic acids is 1. The predicted octanol–water partition coefficient (Wildman–Crippen LogP) is 3.10. The number of aromatic nitrogens is 2. The van der Waals surface area contributed by atoms with E-state index in [1.165, 1.54) is 10.7 Å². The number of benzene rings is 2. The highest BCUT2D eigenvalue weighted by molar-refractivity contribution is 6.31. The van der Waals surface area contributed by atoms with Crippen molar-refractivity contribution in [1.82, 2.24) is 15.1 Å². The molecule has 0 saturated carbocycles. The molecule has 1 heterocycles.